The van der Waals surface area contributed by atoms with E-state index in [2.05, 4.69) is 0 Å². The van der Waals surface area contributed by atoms with Gasteiger partial charge >= 0.3 is 0 Å². The Balaban J connectivity index is 1.63. The fourth-order valence-corrected chi connectivity index (χ4v) is 4.36. The summed E-state index contributed by atoms with van der Waals surface area (Å²) < 4.78 is 6.30. The molecule has 134 valence electrons. The molecule has 0 N–H and O–H groups in total. The summed E-state index contributed by atoms with van der Waals surface area (Å²) in [5, 5.41) is 1.15. The van der Waals surface area contributed by atoms with Crippen LogP contribution in [-0.2, 0) is 4.79 Å². The molecule has 1 fully saturated rings. The van der Waals surface area contributed by atoms with Crippen LogP contribution in [0.1, 0.15) is 5.76 Å². The van der Waals surface area contributed by atoms with Gasteiger partial charge in [-0.15, -0.1) is 0 Å². The third-order valence-electron chi connectivity index (χ3n) is 3.90. The van der Waals surface area contributed by atoms with Crippen molar-refractivity contribution in [2.24, 2.45) is 0 Å². The third-order valence-corrected chi connectivity index (χ3v) is 5.77. The molecule has 0 saturated carbocycles. The molecule has 0 atom stereocenters. The highest BCUT2D eigenvalue weighted by atomic mass is 35.5. The number of carbonyl (C=O) groups is 1. The summed E-state index contributed by atoms with van der Waals surface area (Å²) in [5.74, 6) is 0.983. The number of benzene rings is 2. The molecule has 4 rings (SSSR count). The number of furan rings is 1. The molecule has 0 unspecified atom stereocenters. The molecule has 1 aromatic heterocycles. The first-order chi connectivity index (χ1) is 13.0. The minimum atomic E-state index is -0.206. The monoisotopic (exact) mass is 431 g/mol. The van der Waals surface area contributed by atoms with Crippen molar-refractivity contribution in [3.8, 4) is 11.3 Å². The quantitative estimate of drug-likeness (QED) is 0.342. The molecule has 0 radical (unpaired) electrons. The summed E-state index contributed by atoms with van der Waals surface area (Å²) in [7, 11) is 0. The van der Waals surface area contributed by atoms with Gasteiger partial charge in [0.25, 0.3) is 5.91 Å². The van der Waals surface area contributed by atoms with E-state index in [1.807, 2.05) is 24.3 Å². The molecule has 1 saturated heterocycles. The molecule has 2 heterocycles. The van der Waals surface area contributed by atoms with Crippen molar-refractivity contribution in [3.05, 3.63) is 81.4 Å². The minimum absolute atomic E-state index is 0.206. The first-order valence-corrected chi connectivity index (χ1v) is 9.89. The van der Waals surface area contributed by atoms with E-state index in [1.54, 1.807) is 42.5 Å². The zero-order chi connectivity index (χ0) is 19.0. The summed E-state index contributed by atoms with van der Waals surface area (Å²) in [6, 6.07) is 18.1. The van der Waals surface area contributed by atoms with E-state index in [-0.39, 0.29) is 5.91 Å². The zero-order valence-electron chi connectivity index (χ0n) is 13.7. The van der Waals surface area contributed by atoms with Gasteiger partial charge in [0.2, 0.25) is 0 Å². The molecule has 7 heteroatoms. The van der Waals surface area contributed by atoms with Crippen molar-refractivity contribution in [1.82, 2.24) is 0 Å². The van der Waals surface area contributed by atoms with Gasteiger partial charge in [0.15, 0.2) is 4.32 Å². The second-order valence-electron chi connectivity index (χ2n) is 5.68. The van der Waals surface area contributed by atoms with E-state index >= 15 is 0 Å². The minimum Gasteiger partial charge on any atom is -0.457 e. The van der Waals surface area contributed by atoms with Gasteiger partial charge in [-0.2, -0.15) is 0 Å². The smallest absolute Gasteiger partial charge is 0.270 e. The van der Waals surface area contributed by atoms with Crippen LogP contribution in [0.2, 0.25) is 10.0 Å². The maximum Gasteiger partial charge on any atom is 0.270 e. The largest absolute Gasteiger partial charge is 0.457 e. The first kappa shape index (κ1) is 18.3. The van der Waals surface area contributed by atoms with Crippen LogP contribution in [0, 0.1) is 0 Å². The summed E-state index contributed by atoms with van der Waals surface area (Å²) >= 11 is 18.8. The molecule has 3 aromatic rings. The molecule has 0 aliphatic carbocycles. The Hall–Kier alpha value is -2.05. The van der Waals surface area contributed by atoms with E-state index < -0.39 is 0 Å². The molecule has 2 aromatic carbocycles. The number of nitrogens with zero attached hydrogens (tertiary/aromatic N) is 1. The SMILES string of the molecule is O=C1/C(=C/c2ccc(-c3ccccc3Cl)o2)SC(=S)N1c1cccc(Cl)c1. The van der Waals surface area contributed by atoms with Crippen LogP contribution >= 0.6 is 47.2 Å². The molecule has 27 heavy (non-hydrogen) atoms. The van der Waals surface area contributed by atoms with Gasteiger partial charge in [-0.05, 0) is 42.5 Å². The standard InChI is InChI=1S/C20H11Cl2NO2S2/c21-12-4-3-5-13(10-12)23-19(24)18(27-20(23)26)11-14-8-9-17(25-14)15-6-1-2-7-16(15)22/h1-11H/b18-11-. The third kappa shape index (κ3) is 3.69. The molecule has 3 nitrogen and oxygen atoms in total. The zero-order valence-corrected chi connectivity index (χ0v) is 16.8. The summed E-state index contributed by atoms with van der Waals surface area (Å²) in [5.41, 5.74) is 1.44. The number of amides is 1. The van der Waals surface area contributed by atoms with Crippen molar-refractivity contribution in [2.75, 3.05) is 4.90 Å². The van der Waals surface area contributed by atoms with Crippen LogP contribution in [0.5, 0.6) is 0 Å². The molecule has 1 aliphatic heterocycles. The highest BCUT2D eigenvalue weighted by molar-refractivity contribution is 8.27. The predicted molar refractivity (Wildman–Crippen MR) is 116 cm³/mol. The van der Waals surface area contributed by atoms with Gasteiger partial charge in [-0.25, -0.2) is 0 Å². The van der Waals surface area contributed by atoms with E-state index in [1.165, 1.54) is 16.7 Å². The Morgan fingerprint density at radius 3 is 2.63 bits per heavy atom. The number of thioether (sulfide) groups is 1. The van der Waals surface area contributed by atoms with Crippen molar-refractivity contribution in [2.45, 2.75) is 0 Å². The van der Waals surface area contributed by atoms with Crippen molar-refractivity contribution in [3.63, 3.8) is 0 Å². The fraction of sp³-hybridized carbons (Fsp3) is 0. The highest BCUT2D eigenvalue weighted by Gasteiger charge is 2.33. The van der Waals surface area contributed by atoms with Crippen molar-refractivity contribution in [1.29, 1.82) is 0 Å². The van der Waals surface area contributed by atoms with Crippen molar-refractivity contribution >= 4 is 69.2 Å². The van der Waals surface area contributed by atoms with E-state index in [4.69, 9.17) is 39.8 Å². The molecular weight excluding hydrogens is 421 g/mol. The van der Waals surface area contributed by atoms with Gasteiger partial charge < -0.3 is 4.42 Å². The number of hydrogen-bond acceptors (Lipinski definition) is 4. The van der Waals surface area contributed by atoms with Crippen LogP contribution in [0.25, 0.3) is 17.4 Å². The van der Waals surface area contributed by atoms with Crippen LogP contribution < -0.4 is 4.90 Å². The van der Waals surface area contributed by atoms with Crippen LogP contribution in [0.15, 0.2) is 70.0 Å². The predicted octanol–water partition coefficient (Wildman–Crippen LogP) is 6.66. The maximum absolute atomic E-state index is 12.8. The van der Waals surface area contributed by atoms with Crippen LogP contribution in [0.3, 0.4) is 0 Å². The summed E-state index contributed by atoms with van der Waals surface area (Å²) in [6.45, 7) is 0. The number of hydrogen-bond donors (Lipinski definition) is 0. The number of thiocarbonyl (C=S) groups is 1. The van der Waals surface area contributed by atoms with Gasteiger partial charge in [0.05, 0.1) is 15.6 Å². The average molecular weight is 432 g/mol. The van der Waals surface area contributed by atoms with Gasteiger partial charge in [-0.3, -0.25) is 9.69 Å². The molecule has 1 amide bonds. The highest BCUT2D eigenvalue weighted by Crippen LogP contribution is 2.37. The number of halogens is 2. The molecule has 0 spiro atoms. The lowest BCUT2D eigenvalue weighted by atomic mass is 10.2. The van der Waals surface area contributed by atoms with E-state index in [0.717, 1.165) is 5.56 Å². The van der Waals surface area contributed by atoms with Gasteiger partial charge in [0.1, 0.15) is 11.5 Å². The Bertz CT molecular complexity index is 1090. The lowest BCUT2D eigenvalue weighted by Gasteiger charge is -2.14. The van der Waals surface area contributed by atoms with Crippen molar-refractivity contribution < 1.29 is 9.21 Å². The Morgan fingerprint density at radius 1 is 1.04 bits per heavy atom. The normalized spacial score (nSPS) is 15.8. The van der Waals surface area contributed by atoms with E-state index in [9.17, 15) is 4.79 Å². The molecule has 1 aliphatic rings. The topological polar surface area (TPSA) is 33.5 Å². The van der Waals surface area contributed by atoms with Crippen LogP contribution in [-0.4, -0.2) is 10.2 Å². The fourth-order valence-electron chi connectivity index (χ4n) is 2.67. The van der Waals surface area contributed by atoms with Gasteiger partial charge in [-0.1, -0.05) is 65.4 Å². The van der Waals surface area contributed by atoms with Gasteiger partial charge in [0, 0.05) is 16.7 Å². The number of anilines is 1. The summed E-state index contributed by atoms with van der Waals surface area (Å²) in [4.78, 5) is 14.8. The second-order valence-corrected chi connectivity index (χ2v) is 8.20. The Kier molecular flexibility index (Phi) is 5.10. The number of carbonyl (C=O) groups excluding carboxylic acids is 1. The molecule has 0 bridgehead atoms. The lowest BCUT2D eigenvalue weighted by Crippen LogP contribution is -2.27. The molecular formula is C20H11Cl2NO2S2. The summed E-state index contributed by atoms with van der Waals surface area (Å²) in [6.07, 6.45) is 1.68. The van der Waals surface area contributed by atoms with Crippen LogP contribution in [0.4, 0.5) is 5.69 Å². The Morgan fingerprint density at radius 2 is 1.85 bits per heavy atom. The lowest BCUT2D eigenvalue weighted by molar-refractivity contribution is -0.113. The van der Waals surface area contributed by atoms with E-state index in [0.29, 0.717) is 36.5 Å². The maximum atomic E-state index is 12.8. The number of rotatable bonds is 3. The average Bonchev–Trinajstić information content (AvgIpc) is 3.20. The second kappa shape index (κ2) is 7.52. The Labute approximate surface area is 175 Å². The first-order valence-electron chi connectivity index (χ1n) is 7.91.